The number of methoxy groups -OCH3 is 1. The molecule has 3 rings (SSSR count). The van der Waals surface area contributed by atoms with E-state index in [9.17, 15) is 9.59 Å². The van der Waals surface area contributed by atoms with Gasteiger partial charge in [0.05, 0.1) is 5.41 Å². The number of hydrogen-bond acceptors (Lipinski definition) is 4. The summed E-state index contributed by atoms with van der Waals surface area (Å²) in [5, 5.41) is 4.87. The summed E-state index contributed by atoms with van der Waals surface area (Å²) in [6, 6.07) is 12.3. The lowest BCUT2D eigenvalue weighted by atomic mass is 9.78. The molecular formula is C20H24N2O3S. The molecule has 1 aliphatic heterocycles. The van der Waals surface area contributed by atoms with Crippen molar-refractivity contribution in [3.05, 3.63) is 47.3 Å². The molecule has 0 radical (unpaired) electrons. The molecule has 1 aromatic carbocycles. The van der Waals surface area contributed by atoms with Crippen LogP contribution in [0.25, 0.3) is 10.4 Å². The molecule has 1 fully saturated rings. The lowest BCUT2D eigenvalue weighted by Crippen LogP contribution is -2.44. The monoisotopic (exact) mass is 372 g/mol. The van der Waals surface area contributed by atoms with Gasteiger partial charge >= 0.3 is 0 Å². The molecule has 6 heteroatoms. The maximum Gasteiger partial charge on any atom is 0.248 e. The summed E-state index contributed by atoms with van der Waals surface area (Å²) in [4.78, 5) is 27.9. The van der Waals surface area contributed by atoms with Gasteiger partial charge in [-0.25, -0.2) is 0 Å². The smallest absolute Gasteiger partial charge is 0.248 e. The standard InChI is InChI=1S/C20H24N2O3S/c1-21-19(24)20(9-10-22(14-20)18(23)13-25-2)12-15-6-3-4-7-16(15)17-8-5-11-26-17/h3-8,11H,9-10,12-14H2,1-2H3,(H,21,24)/t20-/m1/s1. The fourth-order valence-electron chi connectivity index (χ4n) is 3.69. The molecular weight excluding hydrogens is 348 g/mol. The number of carbonyl (C=O) groups excluding carboxylic acids is 2. The summed E-state index contributed by atoms with van der Waals surface area (Å²) in [6.45, 7) is 1.06. The molecule has 138 valence electrons. The second-order valence-corrected chi connectivity index (χ2v) is 7.62. The number of hydrogen-bond donors (Lipinski definition) is 1. The second kappa shape index (κ2) is 8.01. The highest BCUT2D eigenvalue weighted by Gasteiger charge is 2.45. The zero-order chi connectivity index (χ0) is 18.6. The molecule has 1 aromatic heterocycles. The van der Waals surface area contributed by atoms with Gasteiger partial charge in [0.15, 0.2) is 0 Å². The fourth-order valence-corrected chi connectivity index (χ4v) is 4.47. The van der Waals surface area contributed by atoms with E-state index in [1.807, 2.05) is 18.2 Å². The van der Waals surface area contributed by atoms with Crippen LogP contribution in [0.5, 0.6) is 0 Å². The van der Waals surface area contributed by atoms with Crippen LogP contribution in [-0.2, 0) is 20.7 Å². The number of nitrogens with one attached hydrogen (secondary N) is 1. The summed E-state index contributed by atoms with van der Waals surface area (Å²) in [7, 11) is 3.17. The van der Waals surface area contributed by atoms with Crippen LogP contribution in [0.15, 0.2) is 41.8 Å². The summed E-state index contributed by atoms with van der Waals surface area (Å²) < 4.78 is 4.97. The number of carbonyl (C=O) groups is 2. The molecule has 0 saturated carbocycles. The Hall–Kier alpha value is -2.18. The van der Waals surface area contributed by atoms with E-state index in [-0.39, 0.29) is 18.4 Å². The average Bonchev–Trinajstić information content (AvgIpc) is 3.32. The van der Waals surface area contributed by atoms with Gasteiger partial charge in [-0.15, -0.1) is 11.3 Å². The van der Waals surface area contributed by atoms with Gasteiger partial charge in [0.25, 0.3) is 0 Å². The summed E-state index contributed by atoms with van der Waals surface area (Å²) >= 11 is 1.69. The minimum absolute atomic E-state index is 0.00815. The number of thiophene rings is 1. The van der Waals surface area contributed by atoms with Crippen molar-refractivity contribution in [2.75, 3.05) is 33.9 Å². The molecule has 1 saturated heterocycles. The van der Waals surface area contributed by atoms with Gasteiger partial charge in [0.1, 0.15) is 6.61 Å². The largest absolute Gasteiger partial charge is 0.375 e. The van der Waals surface area contributed by atoms with Crippen molar-refractivity contribution in [3.63, 3.8) is 0 Å². The quantitative estimate of drug-likeness (QED) is 0.848. The van der Waals surface area contributed by atoms with Gasteiger partial charge in [0, 0.05) is 32.1 Å². The van der Waals surface area contributed by atoms with Crippen molar-refractivity contribution in [1.29, 1.82) is 0 Å². The van der Waals surface area contributed by atoms with Gasteiger partial charge in [-0.2, -0.15) is 0 Å². The highest BCUT2D eigenvalue weighted by molar-refractivity contribution is 7.13. The Kier molecular flexibility index (Phi) is 5.74. The predicted molar refractivity (Wildman–Crippen MR) is 103 cm³/mol. The Morgan fingerprint density at radius 2 is 2.08 bits per heavy atom. The van der Waals surface area contributed by atoms with Crippen LogP contribution in [0, 0.1) is 5.41 Å². The number of benzene rings is 1. The van der Waals surface area contributed by atoms with Crippen molar-refractivity contribution in [1.82, 2.24) is 10.2 Å². The minimum Gasteiger partial charge on any atom is -0.375 e. The third-order valence-corrected chi connectivity index (χ3v) is 5.92. The Balaban J connectivity index is 1.90. The zero-order valence-electron chi connectivity index (χ0n) is 15.2. The van der Waals surface area contributed by atoms with E-state index < -0.39 is 5.41 Å². The van der Waals surface area contributed by atoms with E-state index in [4.69, 9.17) is 4.74 Å². The lowest BCUT2D eigenvalue weighted by Gasteiger charge is -2.28. The van der Waals surface area contributed by atoms with Gasteiger partial charge in [0.2, 0.25) is 11.8 Å². The molecule has 0 aliphatic carbocycles. The molecule has 0 spiro atoms. The van der Waals surface area contributed by atoms with E-state index in [0.29, 0.717) is 25.9 Å². The van der Waals surface area contributed by atoms with Crippen molar-refractivity contribution in [2.45, 2.75) is 12.8 Å². The number of nitrogens with zero attached hydrogens (tertiary/aromatic N) is 1. The van der Waals surface area contributed by atoms with Gasteiger partial charge < -0.3 is 15.0 Å². The molecule has 0 unspecified atom stereocenters. The Morgan fingerprint density at radius 3 is 2.77 bits per heavy atom. The summed E-state index contributed by atoms with van der Waals surface area (Å²) in [5.41, 5.74) is 1.69. The number of likely N-dealkylation sites (tertiary alicyclic amines) is 1. The third-order valence-electron chi connectivity index (χ3n) is 5.02. The highest BCUT2D eigenvalue weighted by atomic mass is 32.1. The second-order valence-electron chi connectivity index (χ2n) is 6.67. The van der Waals surface area contributed by atoms with Crippen LogP contribution in [0.1, 0.15) is 12.0 Å². The Bertz CT molecular complexity index is 775. The van der Waals surface area contributed by atoms with E-state index in [2.05, 4.69) is 28.9 Å². The zero-order valence-corrected chi connectivity index (χ0v) is 16.0. The van der Waals surface area contributed by atoms with Crippen molar-refractivity contribution >= 4 is 23.2 Å². The number of amides is 2. The number of rotatable bonds is 6. The van der Waals surface area contributed by atoms with E-state index in [0.717, 1.165) is 11.1 Å². The van der Waals surface area contributed by atoms with Crippen LogP contribution in [0.2, 0.25) is 0 Å². The Morgan fingerprint density at radius 1 is 1.27 bits per heavy atom. The van der Waals surface area contributed by atoms with E-state index in [1.165, 1.54) is 12.0 Å². The van der Waals surface area contributed by atoms with Crippen molar-refractivity contribution in [3.8, 4) is 10.4 Å². The molecule has 0 bridgehead atoms. The summed E-state index contributed by atoms with van der Waals surface area (Å²) in [6.07, 6.45) is 1.26. The van der Waals surface area contributed by atoms with Crippen LogP contribution < -0.4 is 5.32 Å². The van der Waals surface area contributed by atoms with Crippen LogP contribution in [0.4, 0.5) is 0 Å². The highest BCUT2D eigenvalue weighted by Crippen LogP contribution is 2.38. The lowest BCUT2D eigenvalue weighted by molar-refractivity contribution is -0.135. The molecule has 1 aliphatic rings. The number of ether oxygens (including phenoxy) is 1. The minimum atomic E-state index is -0.606. The molecule has 1 N–H and O–H groups in total. The van der Waals surface area contributed by atoms with Gasteiger partial charge in [-0.3, -0.25) is 9.59 Å². The van der Waals surface area contributed by atoms with Crippen LogP contribution in [-0.4, -0.2) is 50.6 Å². The van der Waals surface area contributed by atoms with Crippen LogP contribution in [0.3, 0.4) is 0 Å². The maximum atomic E-state index is 12.8. The molecule has 1 atom stereocenters. The SMILES string of the molecule is CNC(=O)[C@@]1(Cc2ccccc2-c2cccs2)CCN(C(=O)COC)C1. The molecule has 2 heterocycles. The van der Waals surface area contributed by atoms with E-state index >= 15 is 0 Å². The molecule has 2 aromatic rings. The van der Waals surface area contributed by atoms with Gasteiger partial charge in [-0.05, 0) is 35.4 Å². The predicted octanol–water partition coefficient (Wildman–Crippen LogP) is 2.57. The molecule has 5 nitrogen and oxygen atoms in total. The van der Waals surface area contributed by atoms with Crippen molar-refractivity contribution in [2.24, 2.45) is 5.41 Å². The first-order valence-electron chi connectivity index (χ1n) is 8.70. The normalized spacial score (nSPS) is 19.5. The first-order valence-corrected chi connectivity index (χ1v) is 9.58. The van der Waals surface area contributed by atoms with Crippen molar-refractivity contribution < 1.29 is 14.3 Å². The topological polar surface area (TPSA) is 58.6 Å². The average molecular weight is 372 g/mol. The fraction of sp³-hybridized carbons (Fsp3) is 0.400. The Labute approximate surface area is 158 Å². The molecule has 2 amide bonds. The molecule has 26 heavy (non-hydrogen) atoms. The summed E-state index contributed by atoms with van der Waals surface area (Å²) in [5.74, 6) is -0.0731. The van der Waals surface area contributed by atoms with Crippen LogP contribution >= 0.6 is 11.3 Å². The van der Waals surface area contributed by atoms with E-state index in [1.54, 1.807) is 23.3 Å². The van der Waals surface area contributed by atoms with Gasteiger partial charge in [-0.1, -0.05) is 30.3 Å². The first kappa shape index (κ1) is 18.6. The maximum absolute atomic E-state index is 12.8. The third kappa shape index (κ3) is 3.66. The first-order chi connectivity index (χ1) is 12.6.